The van der Waals surface area contributed by atoms with Crippen molar-refractivity contribution in [1.29, 1.82) is 0 Å². The second-order valence-electron chi connectivity index (χ2n) is 8.74. The third-order valence-electron chi connectivity index (χ3n) is 5.21. The highest BCUT2D eigenvalue weighted by atomic mass is 31.2. The number of nitrogens with one attached hydrogen (secondary N) is 1. The van der Waals surface area contributed by atoms with E-state index in [1.165, 1.54) is 5.56 Å². The number of cyclic esters (lactones) is 1. The predicted molar refractivity (Wildman–Crippen MR) is 117 cm³/mol. The maximum atomic E-state index is 12.4. The van der Waals surface area contributed by atoms with E-state index in [9.17, 15) is 9.36 Å². The van der Waals surface area contributed by atoms with Gasteiger partial charge in [0.1, 0.15) is 17.9 Å². The van der Waals surface area contributed by atoms with Crippen molar-refractivity contribution < 1.29 is 28.6 Å². The van der Waals surface area contributed by atoms with Gasteiger partial charge < -0.3 is 24.6 Å². The molecule has 0 radical (unpaired) electrons. The Hall–Kier alpha value is -1.18. The normalized spacial score (nSPS) is 14.1. The Morgan fingerprint density at radius 3 is 2.48 bits per heavy atom. The molecule has 164 valence electrons. The number of carbonyl (C=O) groups is 1. The van der Waals surface area contributed by atoms with Crippen molar-refractivity contribution in [3.05, 3.63) is 27.8 Å². The summed E-state index contributed by atoms with van der Waals surface area (Å²) in [6, 6.07) is 0.992. The number of fused-ring (bicyclic) bond motifs is 1. The van der Waals surface area contributed by atoms with Crippen LogP contribution in [0.4, 0.5) is 0 Å². The zero-order valence-electron chi connectivity index (χ0n) is 18.1. The second-order valence-corrected chi connectivity index (χ2v) is 16.1. The van der Waals surface area contributed by atoms with Gasteiger partial charge in [-0.15, -0.1) is 0 Å². The Balaban J connectivity index is 2.28. The van der Waals surface area contributed by atoms with Crippen LogP contribution in [0.15, 0.2) is 0 Å². The molecule has 1 aromatic rings. The molecule has 0 spiro atoms. The van der Waals surface area contributed by atoms with Gasteiger partial charge in [0.2, 0.25) is 0 Å². The van der Waals surface area contributed by atoms with Gasteiger partial charge in [0.25, 0.3) is 0 Å². The molecule has 2 rings (SSSR count). The van der Waals surface area contributed by atoms with Gasteiger partial charge in [-0.2, -0.15) is 0 Å². The molecule has 9 heteroatoms. The summed E-state index contributed by atoms with van der Waals surface area (Å²) in [5, 5.41) is 3.09. The summed E-state index contributed by atoms with van der Waals surface area (Å²) in [7, 11) is -5.29. The van der Waals surface area contributed by atoms with Gasteiger partial charge >= 0.3 is 13.6 Å². The van der Waals surface area contributed by atoms with E-state index in [1.54, 1.807) is 0 Å². The van der Waals surface area contributed by atoms with Crippen molar-refractivity contribution in [1.82, 2.24) is 5.32 Å². The maximum Gasteiger partial charge on any atom is 0.342 e. The zero-order chi connectivity index (χ0) is 21.8. The summed E-state index contributed by atoms with van der Waals surface area (Å²) in [4.78, 5) is 30.4. The molecule has 0 saturated heterocycles. The summed E-state index contributed by atoms with van der Waals surface area (Å²) >= 11 is 0. The molecule has 3 N–H and O–H groups in total. The molecule has 0 aromatic heterocycles. The Morgan fingerprint density at radius 2 is 1.90 bits per heavy atom. The molecule has 29 heavy (non-hydrogen) atoms. The Morgan fingerprint density at radius 1 is 1.21 bits per heavy atom. The minimum atomic E-state index is -4.01. The van der Waals surface area contributed by atoms with E-state index in [-0.39, 0.29) is 25.3 Å². The number of carbonyl (C=O) groups excluding carboxylic acids is 1. The highest BCUT2D eigenvalue weighted by molar-refractivity contribution is 7.51. The van der Waals surface area contributed by atoms with Crippen LogP contribution in [0.25, 0.3) is 0 Å². The smallest absolute Gasteiger partial charge is 0.342 e. The molecule has 0 saturated carbocycles. The van der Waals surface area contributed by atoms with Crippen LogP contribution in [0.3, 0.4) is 0 Å². The van der Waals surface area contributed by atoms with Crippen LogP contribution in [0, 0.1) is 6.92 Å². The molecule has 1 aromatic carbocycles. The van der Waals surface area contributed by atoms with E-state index in [0.717, 1.165) is 29.2 Å². The molecule has 0 atom stereocenters. The van der Waals surface area contributed by atoms with E-state index in [0.29, 0.717) is 30.9 Å². The standard InChI is InChI=1S/C20H34NO6PSi/c1-6-15-14(2)17-13-27-20(22)18(17)19(26-10-12-29(3,4)5)16(15)7-8-21-9-11-28(23,24)25/h21H,6-13H2,1-5H3,(H2,23,24,25). The molecule has 0 unspecified atom stereocenters. The fourth-order valence-corrected chi connectivity index (χ4v) is 4.72. The summed E-state index contributed by atoms with van der Waals surface area (Å²) in [6.07, 6.45) is 1.24. The molecule has 0 aliphatic carbocycles. The molecular weight excluding hydrogens is 409 g/mol. The molecular formula is C20H34NO6PSi. The average molecular weight is 444 g/mol. The predicted octanol–water partition coefficient (Wildman–Crippen LogP) is 3.25. The van der Waals surface area contributed by atoms with Crippen molar-refractivity contribution in [2.45, 2.75) is 59.0 Å². The first-order valence-electron chi connectivity index (χ1n) is 10.2. The van der Waals surface area contributed by atoms with E-state index in [4.69, 9.17) is 19.3 Å². The van der Waals surface area contributed by atoms with Crippen molar-refractivity contribution in [3.63, 3.8) is 0 Å². The topological polar surface area (TPSA) is 105 Å². The van der Waals surface area contributed by atoms with E-state index >= 15 is 0 Å². The lowest BCUT2D eigenvalue weighted by molar-refractivity contribution is 0.0532. The Kier molecular flexibility index (Phi) is 8.10. The molecule has 1 aliphatic rings. The SMILES string of the molecule is CCc1c(C)c2c(c(OCC[Si](C)(C)C)c1CCNCCP(=O)(O)O)C(=O)OC2. The second kappa shape index (κ2) is 9.75. The zero-order valence-corrected chi connectivity index (χ0v) is 20.0. The molecule has 7 nitrogen and oxygen atoms in total. The highest BCUT2D eigenvalue weighted by Crippen LogP contribution is 2.39. The molecule has 1 aliphatic heterocycles. The van der Waals surface area contributed by atoms with Crippen molar-refractivity contribution in [2.75, 3.05) is 25.9 Å². The van der Waals surface area contributed by atoms with Crippen LogP contribution >= 0.6 is 7.60 Å². The Bertz CT molecular complexity index is 799. The number of ether oxygens (including phenoxy) is 2. The van der Waals surface area contributed by atoms with Crippen LogP contribution in [0.2, 0.25) is 25.7 Å². The molecule has 1 heterocycles. The summed E-state index contributed by atoms with van der Waals surface area (Å²) in [5.74, 6) is 0.310. The number of hydrogen-bond donors (Lipinski definition) is 3. The number of benzene rings is 1. The lowest BCUT2D eigenvalue weighted by Crippen LogP contribution is -2.24. The van der Waals surface area contributed by atoms with Gasteiger partial charge in [-0.1, -0.05) is 26.6 Å². The monoisotopic (exact) mass is 443 g/mol. The summed E-state index contributed by atoms with van der Waals surface area (Å²) < 4.78 is 22.5. The molecule has 0 amide bonds. The molecule has 0 fully saturated rings. The van der Waals surface area contributed by atoms with Gasteiger partial charge in [-0.05, 0) is 49.0 Å². The first kappa shape index (κ1) is 24.1. The Labute approximate surface area is 174 Å². The van der Waals surface area contributed by atoms with Gasteiger partial charge in [-0.3, -0.25) is 4.57 Å². The van der Waals surface area contributed by atoms with Gasteiger partial charge in [0.05, 0.1) is 12.8 Å². The van der Waals surface area contributed by atoms with Crippen molar-refractivity contribution >= 4 is 21.6 Å². The van der Waals surface area contributed by atoms with Gasteiger partial charge in [-0.25, -0.2) is 4.79 Å². The fourth-order valence-electron chi connectivity index (χ4n) is 3.55. The quantitative estimate of drug-likeness (QED) is 0.209. The fraction of sp³-hybridized carbons (Fsp3) is 0.650. The van der Waals surface area contributed by atoms with Crippen molar-refractivity contribution in [2.24, 2.45) is 0 Å². The van der Waals surface area contributed by atoms with Crippen LogP contribution in [0.1, 0.15) is 39.5 Å². The van der Waals surface area contributed by atoms with E-state index < -0.39 is 15.7 Å². The third-order valence-corrected chi connectivity index (χ3v) is 7.72. The summed E-state index contributed by atoms with van der Waals surface area (Å²) in [5.41, 5.74) is 4.73. The third kappa shape index (κ3) is 6.66. The van der Waals surface area contributed by atoms with Gasteiger partial charge in [0.15, 0.2) is 0 Å². The van der Waals surface area contributed by atoms with Crippen molar-refractivity contribution in [3.8, 4) is 5.75 Å². The first-order valence-corrected chi connectivity index (χ1v) is 15.7. The van der Waals surface area contributed by atoms with E-state index in [2.05, 4.69) is 31.9 Å². The molecule has 0 bridgehead atoms. The lowest BCUT2D eigenvalue weighted by Gasteiger charge is -2.22. The highest BCUT2D eigenvalue weighted by Gasteiger charge is 2.32. The average Bonchev–Trinajstić information content (AvgIpc) is 2.97. The number of esters is 1. The van der Waals surface area contributed by atoms with Crippen LogP contribution in [-0.2, 0) is 28.8 Å². The van der Waals surface area contributed by atoms with Crippen LogP contribution in [-0.4, -0.2) is 49.7 Å². The number of rotatable bonds is 11. The van der Waals surface area contributed by atoms with Crippen LogP contribution < -0.4 is 10.1 Å². The summed E-state index contributed by atoms with van der Waals surface area (Å²) in [6.45, 7) is 12.6. The van der Waals surface area contributed by atoms with Crippen LogP contribution in [0.5, 0.6) is 5.75 Å². The lowest BCUT2D eigenvalue weighted by atomic mass is 9.89. The number of hydrogen-bond acceptors (Lipinski definition) is 5. The minimum Gasteiger partial charge on any atom is -0.493 e. The minimum absolute atomic E-state index is 0.192. The van der Waals surface area contributed by atoms with E-state index in [1.807, 2.05) is 6.92 Å². The van der Waals surface area contributed by atoms with Gasteiger partial charge in [0, 0.05) is 20.2 Å². The maximum absolute atomic E-state index is 12.4. The first-order chi connectivity index (χ1) is 13.4. The largest absolute Gasteiger partial charge is 0.493 e.